The van der Waals surface area contributed by atoms with E-state index < -0.39 is 0 Å². The Morgan fingerprint density at radius 2 is 2.07 bits per heavy atom. The molecule has 4 aromatic rings. The van der Waals surface area contributed by atoms with E-state index >= 15 is 0 Å². The highest BCUT2D eigenvalue weighted by atomic mass is 35.5. The molecule has 0 bridgehead atoms. The topological polar surface area (TPSA) is 51.0 Å². The van der Waals surface area contributed by atoms with Gasteiger partial charge in [-0.2, -0.15) is 0 Å². The summed E-state index contributed by atoms with van der Waals surface area (Å²) in [4.78, 5) is 23.8. The van der Waals surface area contributed by atoms with Gasteiger partial charge in [0.25, 0.3) is 5.91 Å². The highest BCUT2D eigenvalue weighted by molar-refractivity contribution is 7.23. The summed E-state index contributed by atoms with van der Waals surface area (Å²) in [5.74, 6) is -0.133. The summed E-state index contributed by atoms with van der Waals surface area (Å²) in [5.41, 5.74) is 2.39. The van der Waals surface area contributed by atoms with E-state index in [0.29, 0.717) is 27.3 Å². The van der Waals surface area contributed by atoms with Crippen molar-refractivity contribution in [3.05, 3.63) is 76.3 Å². The molecule has 2 aromatic heterocycles. The number of carbonyl (C=O) groups is 1. The summed E-state index contributed by atoms with van der Waals surface area (Å²) in [6, 6.07) is 10.8. The number of fused-ring (bicyclic) bond motifs is 1. The first-order valence-corrected chi connectivity index (χ1v) is 10.7. The fourth-order valence-electron chi connectivity index (χ4n) is 3.10. The van der Waals surface area contributed by atoms with E-state index in [1.807, 2.05) is 29.8 Å². The van der Waals surface area contributed by atoms with Gasteiger partial charge in [0.2, 0.25) is 0 Å². The third kappa shape index (κ3) is 4.78. The maximum absolute atomic E-state index is 13.3. The number of hydrogen-bond donors (Lipinski definition) is 0. The Morgan fingerprint density at radius 1 is 1.23 bits per heavy atom. The summed E-state index contributed by atoms with van der Waals surface area (Å²) in [7, 11) is 0. The molecule has 0 saturated carbocycles. The van der Waals surface area contributed by atoms with E-state index in [-0.39, 0.29) is 18.3 Å². The highest BCUT2D eigenvalue weighted by Gasteiger charge is 2.22. The predicted molar refractivity (Wildman–Crippen MR) is 127 cm³/mol. The van der Waals surface area contributed by atoms with Crippen LogP contribution in [0, 0.1) is 6.92 Å². The van der Waals surface area contributed by atoms with E-state index in [0.717, 1.165) is 28.7 Å². The van der Waals surface area contributed by atoms with Gasteiger partial charge < -0.3 is 4.57 Å². The van der Waals surface area contributed by atoms with Gasteiger partial charge in [-0.15, -0.1) is 12.4 Å². The van der Waals surface area contributed by atoms with Crippen molar-refractivity contribution in [3.8, 4) is 0 Å². The van der Waals surface area contributed by atoms with E-state index in [1.165, 1.54) is 11.3 Å². The minimum Gasteiger partial charge on any atom is -0.337 e. The molecule has 156 valence electrons. The molecule has 4 rings (SSSR count). The summed E-state index contributed by atoms with van der Waals surface area (Å²) >= 11 is 13.9. The van der Waals surface area contributed by atoms with Gasteiger partial charge in [-0.3, -0.25) is 9.69 Å². The monoisotopic (exact) mass is 480 g/mol. The zero-order chi connectivity index (χ0) is 20.4. The summed E-state index contributed by atoms with van der Waals surface area (Å²) in [5, 5.41) is 1.80. The van der Waals surface area contributed by atoms with Gasteiger partial charge in [0.1, 0.15) is 0 Å². The number of aromatic nitrogens is 3. The molecule has 0 atom stereocenters. The quantitative estimate of drug-likeness (QED) is 0.326. The van der Waals surface area contributed by atoms with Gasteiger partial charge in [0.05, 0.1) is 21.6 Å². The molecule has 0 spiro atoms. The lowest BCUT2D eigenvalue weighted by Crippen LogP contribution is -2.32. The van der Waals surface area contributed by atoms with E-state index in [4.69, 9.17) is 28.2 Å². The van der Waals surface area contributed by atoms with Gasteiger partial charge in [0, 0.05) is 36.1 Å². The van der Waals surface area contributed by atoms with Crippen molar-refractivity contribution in [1.29, 1.82) is 0 Å². The van der Waals surface area contributed by atoms with Crippen molar-refractivity contribution in [2.45, 2.75) is 19.9 Å². The van der Waals surface area contributed by atoms with Crippen LogP contribution in [0.5, 0.6) is 0 Å². The zero-order valence-corrected chi connectivity index (χ0v) is 19.2. The number of amides is 1. The predicted octanol–water partition coefficient (Wildman–Crippen LogP) is 6.27. The lowest BCUT2D eigenvalue weighted by atomic mass is 10.2. The Bertz CT molecular complexity index is 1120. The minimum atomic E-state index is -0.133. The molecule has 0 aliphatic carbocycles. The molecule has 9 heteroatoms. The number of hydrogen-bond acceptors (Lipinski definition) is 4. The standard InChI is InChI=1S/C21H18Cl2N4OS.ClH/c1-14-6-7-17(23)19-18(14)25-21(29-19)27(10-3-9-26-11-8-24-13-26)20(28)15-4-2-5-16(22)12-15;/h2,4-8,11-13H,3,9-10H2,1H3;1H. The fraction of sp³-hybridized carbons (Fsp3) is 0.190. The Kier molecular flexibility index (Phi) is 7.36. The molecule has 30 heavy (non-hydrogen) atoms. The number of anilines is 1. The molecule has 0 radical (unpaired) electrons. The second-order valence-corrected chi connectivity index (χ2v) is 8.48. The van der Waals surface area contributed by atoms with Crippen molar-refractivity contribution in [2.24, 2.45) is 0 Å². The molecular formula is C21H19Cl3N4OS. The largest absolute Gasteiger partial charge is 0.337 e. The molecule has 0 fully saturated rings. The van der Waals surface area contributed by atoms with Crippen molar-refractivity contribution < 1.29 is 4.79 Å². The van der Waals surface area contributed by atoms with Gasteiger partial charge in [-0.05, 0) is 43.2 Å². The van der Waals surface area contributed by atoms with Crippen molar-refractivity contribution >= 4 is 68.2 Å². The summed E-state index contributed by atoms with van der Waals surface area (Å²) < 4.78 is 2.88. The fourth-order valence-corrected chi connectivity index (χ4v) is 4.63. The Labute approximate surface area is 194 Å². The summed E-state index contributed by atoms with van der Waals surface area (Å²) in [6.07, 6.45) is 6.17. The number of thiazole rings is 1. The lowest BCUT2D eigenvalue weighted by Gasteiger charge is -2.20. The number of rotatable bonds is 6. The number of halogens is 3. The molecular weight excluding hydrogens is 463 g/mol. The Balaban J connectivity index is 0.00000256. The maximum atomic E-state index is 13.3. The van der Waals surface area contributed by atoms with Crippen molar-refractivity contribution in [1.82, 2.24) is 14.5 Å². The number of benzene rings is 2. The van der Waals surface area contributed by atoms with E-state index in [1.54, 1.807) is 41.7 Å². The molecule has 2 heterocycles. The van der Waals surface area contributed by atoms with Crippen LogP contribution in [0.2, 0.25) is 10.0 Å². The first-order valence-electron chi connectivity index (χ1n) is 9.12. The zero-order valence-electron chi connectivity index (χ0n) is 16.1. The second-order valence-electron chi connectivity index (χ2n) is 6.66. The molecule has 0 aliphatic heterocycles. The van der Waals surface area contributed by atoms with Gasteiger partial charge in [-0.25, -0.2) is 9.97 Å². The second kappa shape index (κ2) is 9.79. The first kappa shape index (κ1) is 22.6. The van der Waals surface area contributed by atoms with Crippen LogP contribution in [0.1, 0.15) is 22.3 Å². The molecule has 2 aromatic carbocycles. The van der Waals surface area contributed by atoms with Crippen LogP contribution in [-0.2, 0) is 6.54 Å². The number of nitrogens with zero attached hydrogens (tertiary/aromatic N) is 4. The van der Waals surface area contributed by atoms with Crippen molar-refractivity contribution in [3.63, 3.8) is 0 Å². The van der Waals surface area contributed by atoms with Crippen molar-refractivity contribution in [2.75, 3.05) is 11.4 Å². The molecule has 5 nitrogen and oxygen atoms in total. The Hall–Kier alpha value is -2.12. The average Bonchev–Trinajstić information content (AvgIpc) is 3.38. The van der Waals surface area contributed by atoms with Crippen LogP contribution in [0.4, 0.5) is 5.13 Å². The van der Waals surface area contributed by atoms with Crippen LogP contribution in [-0.4, -0.2) is 27.0 Å². The van der Waals surface area contributed by atoms with Gasteiger partial charge in [0.15, 0.2) is 5.13 Å². The minimum absolute atomic E-state index is 0. The van der Waals surface area contributed by atoms with Crippen LogP contribution in [0.25, 0.3) is 10.2 Å². The molecule has 0 saturated heterocycles. The molecule has 0 aliphatic rings. The molecule has 1 amide bonds. The van der Waals surface area contributed by atoms with E-state index in [9.17, 15) is 4.79 Å². The third-order valence-corrected chi connectivity index (χ3v) is 6.36. The molecule has 0 unspecified atom stereocenters. The van der Waals surface area contributed by atoms with Gasteiger partial charge >= 0.3 is 0 Å². The van der Waals surface area contributed by atoms with Gasteiger partial charge in [-0.1, -0.05) is 46.7 Å². The number of imidazole rings is 1. The smallest absolute Gasteiger partial charge is 0.260 e. The maximum Gasteiger partial charge on any atom is 0.260 e. The Morgan fingerprint density at radius 3 is 2.77 bits per heavy atom. The SMILES string of the molecule is Cc1ccc(Cl)c2sc(N(CCCn3ccnc3)C(=O)c3cccc(Cl)c3)nc12.Cl. The lowest BCUT2D eigenvalue weighted by molar-refractivity contribution is 0.0986. The highest BCUT2D eigenvalue weighted by Crippen LogP contribution is 2.36. The summed E-state index contributed by atoms with van der Waals surface area (Å²) in [6.45, 7) is 3.26. The number of aryl methyl sites for hydroxylation is 2. The van der Waals surface area contributed by atoms with Crippen LogP contribution >= 0.6 is 46.9 Å². The molecule has 0 N–H and O–H groups in total. The average molecular weight is 482 g/mol. The first-order chi connectivity index (χ1) is 14.0. The third-order valence-electron chi connectivity index (χ3n) is 4.59. The normalized spacial score (nSPS) is 10.8. The van der Waals surface area contributed by atoms with Crippen LogP contribution in [0.15, 0.2) is 55.1 Å². The van der Waals surface area contributed by atoms with E-state index in [2.05, 4.69) is 4.98 Å². The van der Waals surface area contributed by atoms with Crippen LogP contribution in [0.3, 0.4) is 0 Å². The number of carbonyl (C=O) groups excluding carboxylic acids is 1. The van der Waals surface area contributed by atoms with Crippen LogP contribution < -0.4 is 4.90 Å².